The third kappa shape index (κ3) is 3.29. The molecule has 6 heteroatoms. The molecule has 0 N–H and O–H groups in total. The summed E-state index contributed by atoms with van der Waals surface area (Å²) in [4.78, 5) is 28.2. The average molecular weight is 393 g/mol. The predicted molar refractivity (Wildman–Crippen MR) is 110 cm³/mol. The SMILES string of the molecule is CCOc1cccc([C@H]2c3c(oc4ccc(C)cc4c3=O)C(=O)N2CCOC)c1. The van der Waals surface area contributed by atoms with Gasteiger partial charge in [0.15, 0.2) is 5.43 Å². The highest BCUT2D eigenvalue weighted by molar-refractivity contribution is 5.99. The zero-order chi connectivity index (χ0) is 20.5. The number of carbonyl (C=O) groups excluding carboxylic acids is 1. The maximum absolute atomic E-state index is 13.4. The van der Waals surface area contributed by atoms with Crippen molar-refractivity contribution in [2.24, 2.45) is 0 Å². The maximum Gasteiger partial charge on any atom is 0.290 e. The lowest BCUT2D eigenvalue weighted by atomic mass is 9.98. The topological polar surface area (TPSA) is 69.0 Å². The molecule has 2 heterocycles. The van der Waals surface area contributed by atoms with Crippen LogP contribution in [0.1, 0.15) is 40.2 Å². The van der Waals surface area contributed by atoms with Gasteiger partial charge in [-0.05, 0) is 43.7 Å². The molecule has 0 saturated heterocycles. The van der Waals surface area contributed by atoms with E-state index in [0.717, 1.165) is 11.1 Å². The van der Waals surface area contributed by atoms with Crippen molar-refractivity contribution < 1.29 is 18.7 Å². The van der Waals surface area contributed by atoms with Crippen molar-refractivity contribution in [3.05, 3.63) is 75.1 Å². The molecule has 1 aliphatic heterocycles. The van der Waals surface area contributed by atoms with Crippen LogP contribution in [0.15, 0.2) is 51.7 Å². The number of benzene rings is 2. The van der Waals surface area contributed by atoms with Gasteiger partial charge in [-0.3, -0.25) is 9.59 Å². The predicted octanol–water partition coefficient (Wildman–Crippen LogP) is 3.69. The molecule has 6 nitrogen and oxygen atoms in total. The lowest BCUT2D eigenvalue weighted by Gasteiger charge is -2.25. The molecule has 0 bridgehead atoms. The second kappa shape index (κ2) is 7.72. The molecule has 4 rings (SSSR count). The van der Waals surface area contributed by atoms with Gasteiger partial charge in [-0.25, -0.2) is 0 Å². The zero-order valence-corrected chi connectivity index (χ0v) is 16.7. The van der Waals surface area contributed by atoms with Gasteiger partial charge in [-0.2, -0.15) is 0 Å². The van der Waals surface area contributed by atoms with Crippen LogP contribution in [0.5, 0.6) is 5.75 Å². The minimum absolute atomic E-state index is 0.106. The number of rotatable bonds is 6. The number of nitrogens with zero attached hydrogens (tertiary/aromatic N) is 1. The van der Waals surface area contributed by atoms with Crippen LogP contribution in [-0.2, 0) is 4.74 Å². The monoisotopic (exact) mass is 393 g/mol. The van der Waals surface area contributed by atoms with Gasteiger partial charge < -0.3 is 18.8 Å². The molecule has 1 atom stereocenters. The zero-order valence-electron chi connectivity index (χ0n) is 16.7. The summed E-state index contributed by atoms with van der Waals surface area (Å²) in [5, 5.41) is 0.483. The fourth-order valence-corrected chi connectivity index (χ4v) is 3.84. The standard InChI is InChI=1S/C23H23NO5/c1-4-28-16-7-5-6-15(13-16)20-19-21(25)17-12-14(2)8-9-18(17)29-22(19)23(26)24(20)10-11-27-3/h5-9,12-13,20H,4,10-11H2,1-3H3/t20-/m0/s1. The van der Waals surface area contributed by atoms with Crippen LogP contribution >= 0.6 is 0 Å². The van der Waals surface area contributed by atoms with E-state index in [1.807, 2.05) is 44.2 Å². The molecule has 0 aliphatic carbocycles. The lowest BCUT2D eigenvalue weighted by molar-refractivity contribution is 0.0663. The Balaban J connectivity index is 1.94. The number of hydrogen-bond acceptors (Lipinski definition) is 5. The molecule has 0 saturated carbocycles. The Morgan fingerprint density at radius 3 is 2.72 bits per heavy atom. The highest BCUT2D eigenvalue weighted by atomic mass is 16.5. The van der Waals surface area contributed by atoms with E-state index in [9.17, 15) is 9.59 Å². The van der Waals surface area contributed by atoms with Crippen LogP contribution < -0.4 is 10.2 Å². The van der Waals surface area contributed by atoms with Gasteiger partial charge in [0.25, 0.3) is 5.91 Å². The van der Waals surface area contributed by atoms with Crippen molar-refractivity contribution in [1.82, 2.24) is 4.90 Å². The Bertz CT molecular complexity index is 1130. The minimum atomic E-state index is -0.547. The summed E-state index contributed by atoms with van der Waals surface area (Å²) in [6.45, 7) is 5.06. The summed E-state index contributed by atoms with van der Waals surface area (Å²) in [6, 6.07) is 12.4. The fraction of sp³-hybridized carbons (Fsp3) is 0.304. The van der Waals surface area contributed by atoms with E-state index in [4.69, 9.17) is 13.9 Å². The van der Waals surface area contributed by atoms with Crippen molar-refractivity contribution in [3.8, 4) is 5.75 Å². The van der Waals surface area contributed by atoms with E-state index in [2.05, 4.69) is 0 Å². The van der Waals surface area contributed by atoms with E-state index in [0.29, 0.717) is 42.0 Å². The molecule has 150 valence electrons. The molecule has 0 fully saturated rings. The van der Waals surface area contributed by atoms with Gasteiger partial charge in [0.1, 0.15) is 11.3 Å². The quantitative estimate of drug-likeness (QED) is 0.639. The number of aryl methyl sites for hydroxylation is 1. The molecular formula is C23H23NO5. The molecule has 29 heavy (non-hydrogen) atoms. The van der Waals surface area contributed by atoms with Crippen LogP contribution in [0, 0.1) is 6.92 Å². The number of ether oxygens (including phenoxy) is 2. The normalized spacial score (nSPS) is 15.8. The average Bonchev–Trinajstić information content (AvgIpc) is 3.00. The van der Waals surface area contributed by atoms with Crippen molar-refractivity contribution >= 4 is 16.9 Å². The fourth-order valence-electron chi connectivity index (χ4n) is 3.84. The summed E-state index contributed by atoms with van der Waals surface area (Å²) in [6.07, 6.45) is 0. The molecule has 1 aromatic heterocycles. The summed E-state index contributed by atoms with van der Waals surface area (Å²) in [5.41, 5.74) is 2.38. The van der Waals surface area contributed by atoms with Crippen molar-refractivity contribution in [2.75, 3.05) is 26.9 Å². The van der Waals surface area contributed by atoms with E-state index in [1.165, 1.54) is 0 Å². The second-order valence-electron chi connectivity index (χ2n) is 7.07. The van der Waals surface area contributed by atoms with Crippen molar-refractivity contribution in [1.29, 1.82) is 0 Å². The molecule has 1 amide bonds. The van der Waals surface area contributed by atoms with Gasteiger partial charge in [-0.15, -0.1) is 0 Å². The van der Waals surface area contributed by atoms with E-state index in [-0.39, 0.29) is 17.1 Å². The lowest BCUT2D eigenvalue weighted by Crippen LogP contribution is -2.32. The van der Waals surface area contributed by atoms with Crippen LogP contribution in [0.4, 0.5) is 0 Å². The van der Waals surface area contributed by atoms with Crippen molar-refractivity contribution in [2.45, 2.75) is 19.9 Å². The molecule has 0 radical (unpaired) electrons. The highest BCUT2D eigenvalue weighted by Gasteiger charge is 2.42. The Kier molecular flexibility index (Phi) is 5.11. The number of hydrogen-bond donors (Lipinski definition) is 0. The first-order chi connectivity index (χ1) is 14.0. The summed E-state index contributed by atoms with van der Waals surface area (Å²) >= 11 is 0. The Labute approximate surface area is 168 Å². The molecule has 1 aliphatic rings. The maximum atomic E-state index is 13.4. The number of carbonyl (C=O) groups is 1. The van der Waals surface area contributed by atoms with E-state index >= 15 is 0 Å². The van der Waals surface area contributed by atoms with E-state index in [1.54, 1.807) is 24.1 Å². The van der Waals surface area contributed by atoms with Gasteiger partial charge >= 0.3 is 0 Å². The first-order valence-electron chi connectivity index (χ1n) is 9.65. The first-order valence-corrected chi connectivity index (χ1v) is 9.65. The van der Waals surface area contributed by atoms with Gasteiger partial charge in [0, 0.05) is 13.7 Å². The Morgan fingerprint density at radius 2 is 1.97 bits per heavy atom. The number of amides is 1. The van der Waals surface area contributed by atoms with Gasteiger partial charge in [0.05, 0.1) is 30.2 Å². The van der Waals surface area contributed by atoms with Crippen LogP contribution in [-0.4, -0.2) is 37.7 Å². The molecule has 0 spiro atoms. The highest BCUT2D eigenvalue weighted by Crippen LogP contribution is 2.38. The summed E-state index contributed by atoms with van der Waals surface area (Å²) < 4.78 is 16.7. The summed E-state index contributed by atoms with van der Waals surface area (Å²) in [5.74, 6) is 0.497. The smallest absolute Gasteiger partial charge is 0.290 e. The Morgan fingerprint density at radius 1 is 1.14 bits per heavy atom. The molecule has 2 aromatic carbocycles. The van der Waals surface area contributed by atoms with Crippen LogP contribution in [0.3, 0.4) is 0 Å². The number of methoxy groups -OCH3 is 1. The molecule has 0 unspecified atom stereocenters. The third-order valence-corrected chi connectivity index (χ3v) is 5.14. The van der Waals surface area contributed by atoms with Gasteiger partial charge in [-0.1, -0.05) is 23.8 Å². The minimum Gasteiger partial charge on any atom is -0.494 e. The van der Waals surface area contributed by atoms with Crippen LogP contribution in [0.25, 0.3) is 11.0 Å². The van der Waals surface area contributed by atoms with Gasteiger partial charge in [0.2, 0.25) is 5.76 Å². The van der Waals surface area contributed by atoms with Crippen molar-refractivity contribution in [3.63, 3.8) is 0 Å². The van der Waals surface area contributed by atoms with E-state index < -0.39 is 6.04 Å². The second-order valence-corrected chi connectivity index (χ2v) is 7.07. The third-order valence-electron chi connectivity index (χ3n) is 5.14. The largest absolute Gasteiger partial charge is 0.494 e. The molecule has 3 aromatic rings. The molecular weight excluding hydrogens is 370 g/mol. The number of fused-ring (bicyclic) bond motifs is 2. The Hall–Kier alpha value is -3.12. The first kappa shape index (κ1) is 19.2. The van der Waals surface area contributed by atoms with Crippen LogP contribution in [0.2, 0.25) is 0 Å². The summed E-state index contributed by atoms with van der Waals surface area (Å²) in [7, 11) is 1.58.